The van der Waals surface area contributed by atoms with Gasteiger partial charge < -0.3 is 15.2 Å². The van der Waals surface area contributed by atoms with Crippen molar-refractivity contribution >= 4 is 38.7 Å². The van der Waals surface area contributed by atoms with Gasteiger partial charge in [0.2, 0.25) is 0 Å². The van der Waals surface area contributed by atoms with Crippen molar-refractivity contribution in [1.29, 1.82) is 0 Å². The molecule has 1 aliphatic rings. The summed E-state index contributed by atoms with van der Waals surface area (Å²) in [6, 6.07) is 10.9. The summed E-state index contributed by atoms with van der Waals surface area (Å²) in [6.07, 6.45) is 0.00955. The number of halogens is 3. The van der Waals surface area contributed by atoms with Crippen molar-refractivity contribution in [2.45, 2.75) is 6.18 Å². The Labute approximate surface area is 228 Å². The maximum Gasteiger partial charge on any atom is 0.418 e. The molecule has 0 saturated carbocycles. The van der Waals surface area contributed by atoms with Crippen LogP contribution in [0.5, 0.6) is 0 Å². The van der Waals surface area contributed by atoms with Gasteiger partial charge in [-0.25, -0.2) is 14.8 Å². The second-order valence-corrected chi connectivity index (χ2v) is 9.72. The van der Waals surface area contributed by atoms with Crippen molar-refractivity contribution in [2.75, 3.05) is 31.1 Å². The van der Waals surface area contributed by atoms with Crippen LogP contribution in [0.25, 0.3) is 49.9 Å². The Hall–Kier alpha value is -5.04. The van der Waals surface area contributed by atoms with Gasteiger partial charge in [0, 0.05) is 61.4 Å². The predicted octanol–water partition coefficient (Wildman–Crippen LogP) is 3.59. The molecule has 0 aliphatic carbocycles. The van der Waals surface area contributed by atoms with E-state index in [1.807, 2.05) is 6.07 Å². The van der Waals surface area contributed by atoms with Crippen LogP contribution >= 0.6 is 0 Å². The molecule has 1 aromatic carbocycles. The van der Waals surface area contributed by atoms with Gasteiger partial charge in [0.15, 0.2) is 0 Å². The lowest BCUT2D eigenvalue weighted by Crippen LogP contribution is -2.44. The molecular weight excluding hydrogens is 537 g/mol. The van der Waals surface area contributed by atoms with Crippen molar-refractivity contribution in [3.63, 3.8) is 0 Å². The minimum absolute atomic E-state index is 0.0158. The van der Waals surface area contributed by atoms with Crippen LogP contribution in [-0.4, -0.2) is 55.7 Å². The summed E-state index contributed by atoms with van der Waals surface area (Å²) in [5.41, 5.74) is 0.0108. The van der Waals surface area contributed by atoms with Gasteiger partial charge in [-0.3, -0.25) is 19.3 Å². The highest BCUT2D eigenvalue weighted by Gasteiger charge is 2.36. The first-order valence-corrected chi connectivity index (χ1v) is 12.8. The van der Waals surface area contributed by atoms with Crippen LogP contribution in [-0.2, 0) is 6.18 Å². The number of alkyl halides is 3. The van der Waals surface area contributed by atoms with E-state index >= 15 is 0 Å². The largest absolute Gasteiger partial charge is 0.418 e. The van der Waals surface area contributed by atoms with E-state index in [1.165, 1.54) is 18.3 Å². The maximum atomic E-state index is 14.4. The molecule has 0 amide bonds. The minimum Gasteiger partial charge on any atom is -0.368 e. The summed E-state index contributed by atoms with van der Waals surface area (Å²) in [7, 11) is 0. The van der Waals surface area contributed by atoms with E-state index in [1.54, 1.807) is 35.5 Å². The fourth-order valence-corrected chi connectivity index (χ4v) is 5.40. The molecule has 1 saturated heterocycles. The molecule has 6 heterocycles. The molecule has 0 bridgehead atoms. The van der Waals surface area contributed by atoms with Crippen LogP contribution in [0.15, 0.2) is 70.6 Å². The fourth-order valence-electron chi connectivity index (χ4n) is 5.40. The minimum atomic E-state index is -4.68. The number of piperazine rings is 1. The first-order valence-electron chi connectivity index (χ1n) is 12.8. The molecule has 5 aromatic heterocycles. The Morgan fingerprint density at radius 1 is 0.951 bits per heavy atom. The molecule has 6 aromatic rings. The average Bonchev–Trinajstić information content (AvgIpc) is 3.41. The number of nitrogens with zero attached hydrogens (tertiary/aromatic N) is 5. The van der Waals surface area contributed by atoms with Gasteiger partial charge in [0.25, 0.3) is 5.56 Å². The van der Waals surface area contributed by atoms with Gasteiger partial charge in [0.05, 0.1) is 33.4 Å². The van der Waals surface area contributed by atoms with Crippen LogP contribution < -0.4 is 21.5 Å². The van der Waals surface area contributed by atoms with E-state index in [4.69, 9.17) is 4.98 Å². The Balaban J connectivity index is 1.50. The van der Waals surface area contributed by atoms with Gasteiger partial charge in [-0.15, -0.1) is 0 Å². The van der Waals surface area contributed by atoms with E-state index < -0.39 is 23.0 Å². The molecule has 0 radical (unpaired) electrons. The highest BCUT2D eigenvalue weighted by molar-refractivity contribution is 6.03. The Bertz CT molecular complexity index is 2090. The average molecular weight is 559 g/mol. The van der Waals surface area contributed by atoms with Crippen LogP contribution in [0.2, 0.25) is 0 Å². The molecule has 41 heavy (non-hydrogen) atoms. The molecule has 0 atom stereocenters. The number of benzene rings is 1. The second-order valence-electron chi connectivity index (χ2n) is 9.72. The monoisotopic (exact) mass is 558 g/mol. The number of hydrogen-bond donors (Lipinski definition) is 3. The fraction of sp³-hybridized carbons (Fsp3) is 0.179. The highest BCUT2D eigenvalue weighted by Crippen LogP contribution is 2.38. The lowest BCUT2D eigenvalue weighted by atomic mass is 10.1. The molecule has 10 nitrogen and oxygen atoms in total. The number of fused-ring (bicyclic) bond motifs is 4. The zero-order valence-electron chi connectivity index (χ0n) is 21.3. The zero-order chi connectivity index (χ0) is 28.3. The van der Waals surface area contributed by atoms with Gasteiger partial charge in [-0.1, -0.05) is 0 Å². The highest BCUT2D eigenvalue weighted by atomic mass is 19.4. The van der Waals surface area contributed by atoms with E-state index in [-0.39, 0.29) is 27.8 Å². The summed E-state index contributed by atoms with van der Waals surface area (Å²) < 4.78 is 44.1. The van der Waals surface area contributed by atoms with Crippen molar-refractivity contribution in [3.8, 4) is 16.9 Å². The molecule has 0 unspecified atom stereocenters. The molecule has 1 fully saturated rings. The normalized spacial score (nSPS) is 14.4. The first kappa shape index (κ1) is 25.0. The van der Waals surface area contributed by atoms with E-state index in [0.29, 0.717) is 43.0 Å². The molecule has 3 N–H and O–H groups in total. The summed E-state index contributed by atoms with van der Waals surface area (Å²) in [5, 5.41) is 3.96. The molecule has 13 heteroatoms. The summed E-state index contributed by atoms with van der Waals surface area (Å²) in [5.74, 6) is 0. The number of aromatic nitrogens is 6. The third kappa shape index (κ3) is 4.12. The summed E-state index contributed by atoms with van der Waals surface area (Å²) >= 11 is 0. The summed E-state index contributed by atoms with van der Waals surface area (Å²) in [6.45, 7) is 1.94. The first-order chi connectivity index (χ1) is 19.8. The second kappa shape index (κ2) is 9.27. The number of rotatable bonds is 3. The SMILES string of the molecule is O=c1[nH]c(=O)n(-c2ccc(N3CCNCC3)c(C(F)(F)F)c2)c2c1cnc1ccc(-c3c[nH]c4ncccc34)nc12. The standard InChI is InChI=1S/C28H21F3N8O2/c29-28(30,31)19-12-15(3-6-22(19)38-10-8-32-9-11-38)39-24-18(26(40)37-27(39)41)14-34-21-5-4-20(36-23(21)24)17-13-35-25-16(17)2-1-7-33-25/h1-7,12-14,32H,8-11H2,(H,33,35)(H,37,40,41). The third-order valence-corrected chi connectivity index (χ3v) is 7.31. The van der Waals surface area contributed by atoms with Crippen LogP contribution in [0.3, 0.4) is 0 Å². The Kier molecular flexibility index (Phi) is 5.64. The predicted molar refractivity (Wildman–Crippen MR) is 148 cm³/mol. The number of H-pyrrole nitrogens is 2. The van der Waals surface area contributed by atoms with Crippen LogP contribution in [0, 0.1) is 0 Å². The van der Waals surface area contributed by atoms with Gasteiger partial charge in [0.1, 0.15) is 11.2 Å². The lowest BCUT2D eigenvalue weighted by molar-refractivity contribution is -0.137. The Morgan fingerprint density at radius 3 is 2.59 bits per heavy atom. The number of nitrogens with one attached hydrogen (secondary N) is 3. The third-order valence-electron chi connectivity index (χ3n) is 7.31. The topological polar surface area (TPSA) is 125 Å². The maximum absolute atomic E-state index is 14.4. The number of anilines is 1. The van der Waals surface area contributed by atoms with Gasteiger partial charge in [-0.2, -0.15) is 13.2 Å². The molecular formula is C28H21F3N8O2. The number of aromatic amines is 2. The smallest absolute Gasteiger partial charge is 0.368 e. The molecule has 1 aliphatic heterocycles. The van der Waals surface area contributed by atoms with Crippen LogP contribution in [0.4, 0.5) is 18.9 Å². The Morgan fingerprint density at radius 2 is 1.78 bits per heavy atom. The van der Waals surface area contributed by atoms with E-state index in [9.17, 15) is 22.8 Å². The van der Waals surface area contributed by atoms with Gasteiger partial charge in [-0.05, 0) is 42.5 Å². The van der Waals surface area contributed by atoms with Crippen molar-refractivity contribution in [1.82, 2.24) is 34.8 Å². The van der Waals surface area contributed by atoms with Crippen molar-refractivity contribution in [3.05, 3.63) is 87.5 Å². The van der Waals surface area contributed by atoms with Crippen molar-refractivity contribution < 1.29 is 13.2 Å². The number of hydrogen-bond acceptors (Lipinski definition) is 7. The number of pyridine rings is 3. The van der Waals surface area contributed by atoms with Gasteiger partial charge >= 0.3 is 11.9 Å². The molecule has 0 spiro atoms. The van der Waals surface area contributed by atoms with Crippen LogP contribution in [0.1, 0.15) is 5.56 Å². The zero-order valence-corrected chi connectivity index (χ0v) is 21.3. The van der Waals surface area contributed by atoms with E-state index in [2.05, 4.69) is 25.3 Å². The lowest BCUT2D eigenvalue weighted by Gasteiger charge is -2.31. The summed E-state index contributed by atoms with van der Waals surface area (Å²) in [4.78, 5) is 46.5. The van der Waals surface area contributed by atoms with E-state index in [0.717, 1.165) is 21.6 Å². The quantitative estimate of drug-likeness (QED) is 0.284. The van der Waals surface area contributed by atoms with Crippen molar-refractivity contribution in [2.24, 2.45) is 0 Å². The molecule has 206 valence electrons. The molecule has 7 rings (SSSR count).